The minimum absolute atomic E-state index is 0. The van der Waals surface area contributed by atoms with Gasteiger partial charge in [0.2, 0.25) is 5.95 Å². The summed E-state index contributed by atoms with van der Waals surface area (Å²) in [5, 5.41) is 21.3. The summed E-state index contributed by atoms with van der Waals surface area (Å²) < 4.78 is 5.51. The van der Waals surface area contributed by atoms with Gasteiger partial charge in [0.1, 0.15) is 0 Å². The molecule has 154 valence electrons. The molecule has 2 aromatic rings. The highest BCUT2D eigenvalue weighted by Gasteiger charge is 2.43. The molecule has 9 nitrogen and oxygen atoms in total. The number of rotatable bonds is 4. The topological polar surface area (TPSA) is 125 Å². The summed E-state index contributed by atoms with van der Waals surface area (Å²) in [6.45, 7) is 0.721. The summed E-state index contributed by atoms with van der Waals surface area (Å²) in [6.07, 6.45) is 3.08. The Kier molecular flexibility index (Phi) is 7.66. The number of amides is 2. The summed E-state index contributed by atoms with van der Waals surface area (Å²) in [4.78, 5) is 34.9. The van der Waals surface area contributed by atoms with Gasteiger partial charge in [0.05, 0.1) is 29.8 Å². The van der Waals surface area contributed by atoms with Gasteiger partial charge in [-0.2, -0.15) is 27.0 Å². The number of anilines is 1. The fourth-order valence-electron chi connectivity index (χ4n) is 3.39. The van der Waals surface area contributed by atoms with Gasteiger partial charge >= 0.3 is 7.12 Å². The van der Waals surface area contributed by atoms with Crippen molar-refractivity contribution in [2.45, 2.75) is 18.5 Å². The lowest BCUT2D eigenvalue weighted by atomic mass is 9.83. The van der Waals surface area contributed by atoms with E-state index in [1.807, 2.05) is 0 Å². The van der Waals surface area contributed by atoms with E-state index in [1.54, 1.807) is 24.3 Å². The van der Waals surface area contributed by atoms with Crippen molar-refractivity contribution in [3.63, 3.8) is 0 Å². The van der Waals surface area contributed by atoms with E-state index in [1.165, 1.54) is 17.3 Å². The molecule has 1 aromatic carbocycles. The Hall–Kier alpha value is -2.12. The van der Waals surface area contributed by atoms with Crippen LogP contribution in [-0.2, 0) is 4.74 Å². The summed E-state index contributed by atoms with van der Waals surface area (Å²) >= 11 is 0. The number of nitrogens with one attached hydrogen (secondary N) is 1. The van der Waals surface area contributed by atoms with E-state index in [-0.39, 0.29) is 62.9 Å². The molecule has 12 heteroatoms. The number of fused-ring (bicyclic) bond motifs is 1. The SMILES string of the molecule is O=C1c2ccccc2C(=O)N1C1CCOC[C@H]1Nc1ncc(B(O)O)cn1.S.S. The molecule has 3 heterocycles. The Labute approximate surface area is 181 Å². The van der Waals surface area contributed by atoms with E-state index in [9.17, 15) is 9.59 Å². The number of imide groups is 1. The van der Waals surface area contributed by atoms with E-state index in [0.29, 0.717) is 24.2 Å². The monoisotopic (exact) mass is 436 g/mol. The molecule has 2 aliphatic rings. The molecule has 1 fully saturated rings. The van der Waals surface area contributed by atoms with Gasteiger partial charge in [-0.05, 0) is 18.6 Å². The first-order valence-electron chi connectivity index (χ1n) is 8.55. The van der Waals surface area contributed by atoms with Gasteiger partial charge in [-0.15, -0.1) is 0 Å². The summed E-state index contributed by atoms with van der Waals surface area (Å²) in [5.74, 6) is -0.376. The van der Waals surface area contributed by atoms with Crippen LogP contribution in [0.1, 0.15) is 27.1 Å². The number of hydrogen-bond acceptors (Lipinski definition) is 8. The van der Waals surface area contributed by atoms with Crippen molar-refractivity contribution in [2.75, 3.05) is 18.5 Å². The van der Waals surface area contributed by atoms with Gasteiger partial charge in [0.15, 0.2) is 0 Å². The highest BCUT2D eigenvalue weighted by molar-refractivity contribution is 7.59. The molecular weight excluding hydrogens is 415 g/mol. The van der Waals surface area contributed by atoms with Crippen molar-refractivity contribution in [1.82, 2.24) is 14.9 Å². The minimum Gasteiger partial charge on any atom is -0.423 e. The largest absolute Gasteiger partial charge is 0.491 e. The Bertz CT molecular complexity index is 851. The number of carbonyl (C=O) groups excluding carboxylic acids is 2. The molecule has 29 heavy (non-hydrogen) atoms. The number of hydrogen-bond donors (Lipinski definition) is 3. The van der Waals surface area contributed by atoms with Gasteiger partial charge in [-0.1, -0.05) is 12.1 Å². The first-order chi connectivity index (χ1) is 13.1. The second-order valence-electron chi connectivity index (χ2n) is 6.42. The molecular formula is C17H21BN4O5S2. The van der Waals surface area contributed by atoms with Crippen LogP contribution >= 0.6 is 27.0 Å². The van der Waals surface area contributed by atoms with Crippen molar-refractivity contribution in [3.05, 3.63) is 47.8 Å². The number of nitrogens with zero attached hydrogens (tertiary/aromatic N) is 3. The van der Waals surface area contributed by atoms with E-state index >= 15 is 0 Å². The Morgan fingerprint density at radius 3 is 2.21 bits per heavy atom. The highest BCUT2D eigenvalue weighted by Crippen LogP contribution is 2.28. The molecule has 0 radical (unpaired) electrons. The average Bonchev–Trinajstić information content (AvgIpc) is 2.94. The predicted octanol–water partition coefficient (Wildman–Crippen LogP) is -0.752. The van der Waals surface area contributed by atoms with E-state index < -0.39 is 13.2 Å². The number of aromatic nitrogens is 2. The molecule has 0 saturated carbocycles. The second kappa shape index (κ2) is 9.59. The van der Waals surface area contributed by atoms with Gasteiger partial charge in [-0.3, -0.25) is 14.5 Å². The zero-order valence-corrected chi connectivity index (χ0v) is 17.3. The van der Waals surface area contributed by atoms with Gasteiger partial charge in [-0.25, -0.2) is 9.97 Å². The molecule has 2 amide bonds. The van der Waals surface area contributed by atoms with Crippen molar-refractivity contribution >= 4 is 57.3 Å². The number of benzene rings is 1. The van der Waals surface area contributed by atoms with Gasteiger partial charge in [0.25, 0.3) is 11.8 Å². The van der Waals surface area contributed by atoms with Crippen LogP contribution in [0.3, 0.4) is 0 Å². The van der Waals surface area contributed by atoms with Crippen molar-refractivity contribution in [3.8, 4) is 0 Å². The number of ether oxygens (including phenoxy) is 1. The fourth-order valence-corrected chi connectivity index (χ4v) is 3.39. The lowest BCUT2D eigenvalue weighted by Gasteiger charge is -2.36. The maximum Gasteiger partial charge on any atom is 0.491 e. The average molecular weight is 436 g/mol. The van der Waals surface area contributed by atoms with Crippen LogP contribution in [0, 0.1) is 0 Å². The Morgan fingerprint density at radius 2 is 1.66 bits per heavy atom. The molecule has 2 aliphatic heterocycles. The molecule has 1 unspecified atom stereocenters. The zero-order chi connectivity index (χ0) is 19.0. The summed E-state index contributed by atoms with van der Waals surface area (Å²) in [7, 11) is -1.65. The molecule has 3 N–H and O–H groups in total. The quantitative estimate of drug-likeness (QED) is 0.423. The second-order valence-corrected chi connectivity index (χ2v) is 6.42. The third kappa shape index (κ3) is 4.41. The first-order valence-corrected chi connectivity index (χ1v) is 8.55. The molecule has 0 bridgehead atoms. The Balaban J connectivity index is 0.00000150. The summed E-state index contributed by atoms with van der Waals surface area (Å²) in [6, 6.07) is 5.98. The molecule has 4 rings (SSSR count). The first kappa shape index (κ1) is 23.2. The Morgan fingerprint density at radius 1 is 1.07 bits per heavy atom. The van der Waals surface area contributed by atoms with Gasteiger partial charge < -0.3 is 20.1 Å². The standard InChI is InChI=1S/C17H17BN4O5.2H2S/c23-15-11-3-1-2-4-12(11)16(24)22(15)14-5-6-27-9-13(14)21-17-19-7-10(8-20-17)18(25)26;;/h1-4,7-8,13-14,25-26H,5-6,9H2,(H,19,20,21);2*1H2/t13-,14?;;/m1../s1. The molecule has 1 saturated heterocycles. The predicted molar refractivity (Wildman–Crippen MR) is 116 cm³/mol. The fraction of sp³-hybridized carbons (Fsp3) is 0.294. The van der Waals surface area contributed by atoms with Crippen molar-refractivity contribution in [2.24, 2.45) is 0 Å². The lowest BCUT2D eigenvalue weighted by molar-refractivity contribution is 0.0233. The minimum atomic E-state index is -1.65. The smallest absolute Gasteiger partial charge is 0.423 e. The van der Waals surface area contributed by atoms with Crippen LogP contribution in [0.2, 0.25) is 0 Å². The van der Waals surface area contributed by atoms with Crippen molar-refractivity contribution in [1.29, 1.82) is 0 Å². The molecule has 0 spiro atoms. The lowest BCUT2D eigenvalue weighted by Crippen LogP contribution is -2.54. The van der Waals surface area contributed by atoms with E-state index in [0.717, 1.165) is 0 Å². The molecule has 2 atom stereocenters. The van der Waals surface area contributed by atoms with Crippen LogP contribution in [0.15, 0.2) is 36.7 Å². The number of carbonyl (C=O) groups is 2. The maximum atomic E-state index is 12.8. The highest BCUT2D eigenvalue weighted by atomic mass is 32.1. The van der Waals surface area contributed by atoms with Crippen LogP contribution in [-0.4, -0.2) is 69.1 Å². The summed E-state index contributed by atoms with van der Waals surface area (Å²) in [5.41, 5.74) is 0.980. The van der Waals surface area contributed by atoms with Crippen LogP contribution < -0.4 is 10.8 Å². The van der Waals surface area contributed by atoms with Gasteiger partial charge in [0, 0.05) is 24.5 Å². The van der Waals surface area contributed by atoms with Crippen molar-refractivity contribution < 1.29 is 24.4 Å². The normalized spacial score (nSPS) is 20.4. The van der Waals surface area contributed by atoms with E-state index in [2.05, 4.69) is 15.3 Å². The van der Waals surface area contributed by atoms with Crippen LogP contribution in [0.4, 0.5) is 5.95 Å². The zero-order valence-electron chi connectivity index (χ0n) is 15.3. The maximum absolute atomic E-state index is 12.8. The van der Waals surface area contributed by atoms with Crippen LogP contribution in [0.5, 0.6) is 0 Å². The third-order valence-corrected chi connectivity index (χ3v) is 4.76. The van der Waals surface area contributed by atoms with Crippen LogP contribution in [0.25, 0.3) is 0 Å². The third-order valence-electron chi connectivity index (χ3n) is 4.76. The molecule has 0 aliphatic carbocycles. The molecule has 1 aromatic heterocycles. The van der Waals surface area contributed by atoms with E-state index in [4.69, 9.17) is 14.8 Å².